The second kappa shape index (κ2) is 9.61. The molecule has 0 radical (unpaired) electrons. The Kier molecular flexibility index (Phi) is 6.70. The Labute approximate surface area is 180 Å². The Bertz CT molecular complexity index is 987. The van der Waals surface area contributed by atoms with Crippen molar-refractivity contribution in [3.8, 4) is 0 Å². The molecular formula is C23H24ClN3OS. The number of nitrogens with zero attached hydrogens (tertiary/aromatic N) is 2. The molecule has 2 aromatic carbocycles. The molecule has 29 heavy (non-hydrogen) atoms. The molecule has 1 N–H and O–H groups in total. The zero-order valence-corrected chi connectivity index (χ0v) is 17.8. The summed E-state index contributed by atoms with van der Waals surface area (Å²) in [5, 5.41) is 5.48. The molecule has 0 atom stereocenters. The van der Waals surface area contributed by atoms with E-state index in [0.29, 0.717) is 17.1 Å². The van der Waals surface area contributed by atoms with Crippen molar-refractivity contribution in [1.29, 1.82) is 0 Å². The summed E-state index contributed by atoms with van der Waals surface area (Å²) < 4.78 is 0. The summed E-state index contributed by atoms with van der Waals surface area (Å²) >= 11 is 7.51. The van der Waals surface area contributed by atoms with Crippen molar-refractivity contribution in [3.63, 3.8) is 0 Å². The van der Waals surface area contributed by atoms with Crippen LogP contribution in [0.15, 0.2) is 64.5 Å². The average molecular weight is 426 g/mol. The van der Waals surface area contributed by atoms with Crippen LogP contribution in [0.5, 0.6) is 0 Å². The van der Waals surface area contributed by atoms with Crippen LogP contribution in [0.3, 0.4) is 0 Å². The van der Waals surface area contributed by atoms with Crippen molar-refractivity contribution in [2.75, 3.05) is 26.2 Å². The molecule has 4 nitrogen and oxygen atoms in total. The number of pyridine rings is 1. The number of amides is 1. The minimum Gasteiger partial charge on any atom is -0.352 e. The fourth-order valence-electron chi connectivity index (χ4n) is 3.62. The number of para-hydroxylation sites is 1. The van der Waals surface area contributed by atoms with E-state index in [4.69, 9.17) is 16.6 Å². The van der Waals surface area contributed by atoms with Gasteiger partial charge in [-0.15, -0.1) is 0 Å². The molecule has 4 rings (SSSR count). The van der Waals surface area contributed by atoms with Gasteiger partial charge in [-0.05, 0) is 75.3 Å². The molecule has 1 saturated heterocycles. The predicted octanol–water partition coefficient (Wildman–Crippen LogP) is 5.26. The Morgan fingerprint density at radius 1 is 1.10 bits per heavy atom. The highest BCUT2D eigenvalue weighted by Gasteiger charge is 2.14. The highest BCUT2D eigenvalue weighted by atomic mass is 35.5. The third kappa shape index (κ3) is 5.30. The standard InChI is InChI=1S/C23H24ClN3OS/c24-17-8-10-18(11-9-17)29-22-16-20(19-6-1-2-7-21(19)26-22)23(28)25-12-5-15-27-13-3-4-14-27/h1-2,6-11,16H,3-5,12-15H2,(H,25,28). The summed E-state index contributed by atoms with van der Waals surface area (Å²) in [7, 11) is 0. The second-order valence-corrected chi connectivity index (χ2v) is 8.77. The fraction of sp³-hybridized carbons (Fsp3) is 0.304. The first kappa shape index (κ1) is 20.2. The minimum atomic E-state index is -0.0389. The topological polar surface area (TPSA) is 45.2 Å². The van der Waals surface area contributed by atoms with E-state index in [1.165, 1.54) is 37.7 Å². The maximum absolute atomic E-state index is 12.9. The van der Waals surface area contributed by atoms with Crippen LogP contribution >= 0.6 is 23.4 Å². The lowest BCUT2D eigenvalue weighted by Crippen LogP contribution is -2.28. The Morgan fingerprint density at radius 2 is 1.86 bits per heavy atom. The van der Waals surface area contributed by atoms with Crippen molar-refractivity contribution in [2.24, 2.45) is 0 Å². The highest BCUT2D eigenvalue weighted by Crippen LogP contribution is 2.30. The molecular weight excluding hydrogens is 402 g/mol. The van der Waals surface area contributed by atoms with Gasteiger partial charge in [0.1, 0.15) is 5.03 Å². The summed E-state index contributed by atoms with van der Waals surface area (Å²) in [5.74, 6) is -0.0389. The summed E-state index contributed by atoms with van der Waals surface area (Å²) in [6.07, 6.45) is 3.56. The van der Waals surface area contributed by atoms with Crippen molar-refractivity contribution in [1.82, 2.24) is 15.2 Å². The van der Waals surface area contributed by atoms with E-state index in [-0.39, 0.29) is 5.91 Å². The van der Waals surface area contributed by atoms with Gasteiger partial charge in [-0.3, -0.25) is 4.79 Å². The maximum atomic E-state index is 12.9. The lowest BCUT2D eigenvalue weighted by molar-refractivity contribution is 0.0953. The van der Waals surface area contributed by atoms with Crippen LogP contribution in [0, 0.1) is 0 Å². The zero-order chi connectivity index (χ0) is 20.1. The number of rotatable bonds is 7. The van der Waals surface area contributed by atoms with E-state index in [0.717, 1.165) is 33.8 Å². The molecule has 0 unspecified atom stereocenters. The van der Waals surface area contributed by atoms with Crippen molar-refractivity contribution in [2.45, 2.75) is 29.2 Å². The van der Waals surface area contributed by atoms with Crippen LogP contribution in [0.2, 0.25) is 5.02 Å². The van der Waals surface area contributed by atoms with Gasteiger partial charge in [0.05, 0.1) is 11.1 Å². The number of nitrogens with one attached hydrogen (secondary N) is 1. The van der Waals surface area contributed by atoms with Gasteiger partial charge in [0.2, 0.25) is 0 Å². The highest BCUT2D eigenvalue weighted by molar-refractivity contribution is 7.99. The number of fused-ring (bicyclic) bond motifs is 1. The fourth-order valence-corrected chi connectivity index (χ4v) is 4.58. The monoisotopic (exact) mass is 425 g/mol. The molecule has 1 amide bonds. The molecule has 150 valence electrons. The Hall–Kier alpha value is -2.08. The van der Waals surface area contributed by atoms with Gasteiger partial charge in [0.25, 0.3) is 5.91 Å². The number of hydrogen-bond acceptors (Lipinski definition) is 4. The van der Waals surface area contributed by atoms with E-state index in [1.54, 1.807) is 0 Å². The first-order valence-corrected chi connectivity index (χ1v) is 11.2. The maximum Gasteiger partial charge on any atom is 0.252 e. The first-order chi connectivity index (χ1) is 14.2. The van der Waals surface area contributed by atoms with E-state index in [2.05, 4.69) is 10.2 Å². The van der Waals surface area contributed by atoms with Crippen LogP contribution in [0.25, 0.3) is 10.9 Å². The number of benzene rings is 2. The zero-order valence-electron chi connectivity index (χ0n) is 16.2. The molecule has 1 fully saturated rings. The van der Waals surface area contributed by atoms with Gasteiger partial charge in [-0.25, -0.2) is 4.98 Å². The van der Waals surface area contributed by atoms with Crippen LogP contribution < -0.4 is 5.32 Å². The van der Waals surface area contributed by atoms with Crippen LogP contribution in [0.4, 0.5) is 0 Å². The quantitative estimate of drug-likeness (QED) is 0.525. The third-order valence-electron chi connectivity index (χ3n) is 5.11. The van der Waals surface area contributed by atoms with Gasteiger partial charge >= 0.3 is 0 Å². The third-order valence-corrected chi connectivity index (χ3v) is 6.29. The SMILES string of the molecule is O=C(NCCCN1CCCC1)c1cc(Sc2ccc(Cl)cc2)nc2ccccc12. The predicted molar refractivity (Wildman–Crippen MR) is 120 cm³/mol. The van der Waals surface area contributed by atoms with Crippen molar-refractivity contribution >= 4 is 40.2 Å². The summed E-state index contributed by atoms with van der Waals surface area (Å²) in [5.41, 5.74) is 1.50. The number of aromatic nitrogens is 1. The molecule has 1 aromatic heterocycles. The Morgan fingerprint density at radius 3 is 2.66 bits per heavy atom. The minimum absolute atomic E-state index is 0.0389. The average Bonchev–Trinajstić information content (AvgIpc) is 3.26. The summed E-state index contributed by atoms with van der Waals surface area (Å²) in [6, 6.07) is 17.3. The smallest absolute Gasteiger partial charge is 0.252 e. The summed E-state index contributed by atoms with van der Waals surface area (Å²) in [6.45, 7) is 4.11. The lowest BCUT2D eigenvalue weighted by Gasteiger charge is -2.15. The molecule has 0 saturated carbocycles. The molecule has 1 aliphatic rings. The largest absolute Gasteiger partial charge is 0.352 e. The molecule has 2 heterocycles. The summed E-state index contributed by atoms with van der Waals surface area (Å²) in [4.78, 5) is 21.2. The molecule has 6 heteroatoms. The molecule has 0 aliphatic carbocycles. The van der Waals surface area contributed by atoms with Crippen molar-refractivity contribution in [3.05, 3.63) is 65.2 Å². The number of carbonyl (C=O) groups excluding carboxylic acids is 1. The molecule has 0 bridgehead atoms. The molecule has 3 aromatic rings. The van der Waals surface area contributed by atoms with Gasteiger partial charge < -0.3 is 10.2 Å². The van der Waals surface area contributed by atoms with Gasteiger partial charge in [-0.2, -0.15) is 0 Å². The van der Waals surface area contributed by atoms with Gasteiger partial charge in [0.15, 0.2) is 0 Å². The number of carbonyl (C=O) groups is 1. The van der Waals surface area contributed by atoms with Crippen LogP contribution in [-0.2, 0) is 0 Å². The van der Waals surface area contributed by atoms with Crippen LogP contribution in [-0.4, -0.2) is 42.0 Å². The number of likely N-dealkylation sites (tertiary alicyclic amines) is 1. The van der Waals surface area contributed by atoms with E-state index in [1.807, 2.05) is 54.6 Å². The van der Waals surface area contributed by atoms with E-state index < -0.39 is 0 Å². The Balaban J connectivity index is 1.48. The van der Waals surface area contributed by atoms with Gasteiger partial charge in [-0.1, -0.05) is 41.6 Å². The normalized spacial score (nSPS) is 14.4. The molecule has 0 spiro atoms. The number of hydrogen-bond donors (Lipinski definition) is 1. The first-order valence-electron chi connectivity index (χ1n) is 10.0. The lowest BCUT2D eigenvalue weighted by atomic mass is 10.1. The van der Waals surface area contributed by atoms with E-state index in [9.17, 15) is 4.79 Å². The van der Waals surface area contributed by atoms with Crippen molar-refractivity contribution < 1.29 is 4.79 Å². The second-order valence-electron chi connectivity index (χ2n) is 7.24. The number of halogens is 1. The van der Waals surface area contributed by atoms with Gasteiger partial charge in [0, 0.05) is 21.8 Å². The molecule has 1 aliphatic heterocycles. The van der Waals surface area contributed by atoms with Crippen LogP contribution in [0.1, 0.15) is 29.6 Å². The van der Waals surface area contributed by atoms with E-state index >= 15 is 0 Å².